The molecule has 0 aliphatic carbocycles. The molecule has 1 saturated heterocycles. The fraction of sp³-hybridized carbons (Fsp3) is 0.292. The molecule has 34 heavy (non-hydrogen) atoms. The molecule has 10 heteroatoms. The second kappa shape index (κ2) is 11.2. The molecular formula is C24H26ClFN5O2P. The summed E-state index contributed by atoms with van der Waals surface area (Å²) in [6.07, 6.45) is 5.83. The molecule has 4 rings (SSSR count). The van der Waals surface area contributed by atoms with Gasteiger partial charge in [0, 0.05) is 41.6 Å². The first kappa shape index (κ1) is 24.5. The smallest absolute Gasteiger partial charge is 0.248 e. The third-order valence-corrected chi connectivity index (χ3v) is 7.12. The molecule has 2 N–H and O–H groups in total. The molecule has 0 saturated carbocycles. The lowest BCUT2D eigenvalue weighted by Gasteiger charge is -2.16. The summed E-state index contributed by atoms with van der Waals surface area (Å²) in [6, 6.07) is 8.26. The quantitative estimate of drug-likeness (QED) is 0.353. The minimum atomic E-state index is -0.492. The molecule has 1 unspecified atom stereocenters. The van der Waals surface area contributed by atoms with Gasteiger partial charge in [0.05, 0.1) is 17.1 Å². The lowest BCUT2D eigenvalue weighted by molar-refractivity contribution is -0.111. The van der Waals surface area contributed by atoms with Crippen LogP contribution in [0.3, 0.4) is 0 Å². The zero-order valence-corrected chi connectivity index (χ0v) is 20.7. The number of nitrogens with one attached hydrogen (secondary N) is 2. The summed E-state index contributed by atoms with van der Waals surface area (Å²) in [5.41, 5.74) is 2.47. The van der Waals surface area contributed by atoms with Crippen LogP contribution in [-0.4, -0.2) is 60.3 Å². The van der Waals surface area contributed by atoms with E-state index in [1.165, 1.54) is 24.5 Å². The van der Waals surface area contributed by atoms with Crippen molar-refractivity contribution in [1.82, 2.24) is 14.9 Å². The normalized spacial score (nSPS) is 16.3. The van der Waals surface area contributed by atoms with Gasteiger partial charge in [-0.3, -0.25) is 4.79 Å². The molecule has 1 aliphatic rings. The standard InChI is InChI=1S/C24H26ClFN5O2P/c1-31(2)8-3-4-23(32)30-21-11-17-20(12-22(21)34-16-7-9-33-13-16)27-14-28-24(17)29-15-5-6-19(26)18(25)10-15/h3-6,10-12,14,16,34H,7-9,13H2,1-2H3,(H,30,32)(H,27,28,29)/b4-3+/t16-/m0/s1. The summed E-state index contributed by atoms with van der Waals surface area (Å²) in [4.78, 5) is 23.4. The lowest BCUT2D eigenvalue weighted by atomic mass is 10.2. The molecule has 2 aromatic carbocycles. The molecule has 2 atom stereocenters. The van der Waals surface area contributed by atoms with Gasteiger partial charge in [0.2, 0.25) is 5.91 Å². The molecule has 2 heterocycles. The first-order chi connectivity index (χ1) is 16.4. The van der Waals surface area contributed by atoms with Crippen LogP contribution in [0.4, 0.5) is 21.6 Å². The van der Waals surface area contributed by atoms with Crippen molar-refractivity contribution in [1.29, 1.82) is 0 Å². The number of halogens is 2. The molecule has 1 aliphatic heterocycles. The Kier molecular flexibility index (Phi) is 8.06. The zero-order chi connectivity index (χ0) is 24.1. The fourth-order valence-corrected chi connectivity index (χ4v) is 5.14. The second-order valence-corrected chi connectivity index (χ2v) is 10.3. The Morgan fingerprint density at radius 3 is 2.91 bits per heavy atom. The van der Waals surface area contributed by atoms with Crippen molar-refractivity contribution in [2.45, 2.75) is 12.1 Å². The molecule has 1 aromatic heterocycles. The van der Waals surface area contributed by atoms with Crippen molar-refractivity contribution in [2.75, 3.05) is 44.5 Å². The van der Waals surface area contributed by atoms with E-state index < -0.39 is 5.82 Å². The number of nitrogens with zero attached hydrogens (tertiary/aromatic N) is 3. The van der Waals surface area contributed by atoms with Gasteiger partial charge in [0.25, 0.3) is 0 Å². The predicted octanol–water partition coefficient (Wildman–Crippen LogP) is 4.31. The van der Waals surface area contributed by atoms with Crippen molar-refractivity contribution >= 4 is 59.5 Å². The third-order valence-electron chi connectivity index (χ3n) is 5.24. The predicted molar refractivity (Wildman–Crippen MR) is 138 cm³/mol. The van der Waals surface area contributed by atoms with E-state index in [0.717, 1.165) is 29.2 Å². The minimum absolute atomic E-state index is 0.0168. The van der Waals surface area contributed by atoms with Gasteiger partial charge in [0.1, 0.15) is 18.0 Å². The number of benzene rings is 2. The molecule has 178 valence electrons. The molecule has 0 bridgehead atoms. The van der Waals surface area contributed by atoms with Gasteiger partial charge >= 0.3 is 0 Å². The molecule has 3 aromatic rings. The van der Waals surface area contributed by atoms with Crippen molar-refractivity contribution in [3.63, 3.8) is 0 Å². The number of ether oxygens (including phenoxy) is 1. The van der Waals surface area contributed by atoms with E-state index in [9.17, 15) is 9.18 Å². The summed E-state index contributed by atoms with van der Waals surface area (Å²) in [7, 11) is 4.36. The largest absolute Gasteiger partial charge is 0.381 e. The molecule has 7 nitrogen and oxygen atoms in total. The van der Waals surface area contributed by atoms with Crippen LogP contribution in [0.15, 0.2) is 48.8 Å². The van der Waals surface area contributed by atoms with Gasteiger partial charge in [-0.15, -0.1) is 0 Å². The van der Waals surface area contributed by atoms with Crippen LogP contribution in [0.25, 0.3) is 10.9 Å². The molecule has 0 spiro atoms. The maximum atomic E-state index is 13.6. The number of anilines is 3. The Balaban J connectivity index is 1.68. The first-order valence-electron chi connectivity index (χ1n) is 10.9. The number of hydrogen-bond acceptors (Lipinski definition) is 6. The monoisotopic (exact) mass is 501 g/mol. The van der Waals surface area contributed by atoms with Crippen LogP contribution in [0.1, 0.15) is 6.42 Å². The maximum absolute atomic E-state index is 13.6. The molecule has 1 fully saturated rings. The van der Waals surface area contributed by atoms with Gasteiger partial charge in [-0.1, -0.05) is 26.3 Å². The van der Waals surface area contributed by atoms with E-state index in [1.54, 1.807) is 6.07 Å². The Morgan fingerprint density at radius 2 is 2.18 bits per heavy atom. The van der Waals surface area contributed by atoms with Crippen molar-refractivity contribution < 1.29 is 13.9 Å². The van der Waals surface area contributed by atoms with Gasteiger partial charge in [-0.2, -0.15) is 0 Å². The average molecular weight is 502 g/mol. The maximum Gasteiger partial charge on any atom is 0.248 e. The Hall–Kier alpha value is -2.64. The number of carbonyl (C=O) groups excluding carboxylic acids is 1. The summed E-state index contributed by atoms with van der Waals surface area (Å²) in [5.74, 6) is -0.161. The van der Waals surface area contributed by atoms with Crippen LogP contribution in [0.2, 0.25) is 5.02 Å². The summed E-state index contributed by atoms with van der Waals surface area (Å²) < 4.78 is 19.1. The number of amides is 1. The van der Waals surface area contributed by atoms with Crippen LogP contribution < -0.4 is 15.9 Å². The van der Waals surface area contributed by atoms with Gasteiger partial charge in [0.15, 0.2) is 0 Å². The molecule has 1 amide bonds. The highest BCUT2D eigenvalue weighted by Crippen LogP contribution is 2.33. The van der Waals surface area contributed by atoms with Gasteiger partial charge < -0.3 is 20.3 Å². The van der Waals surface area contributed by atoms with E-state index in [4.69, 9.17) is 16.3 Å². The zero-order valence-electron chi connectivity index (χ0n) is 18.9. The summed E-state index contributed by atoms with van der Waals surface area (Å²) in [6.45, 7) is 2.15. The van der Waals surface area contributed by atoms with Crippen LogP contribution in [-0.2, 0) is 9.53 Å². The van der Waals surface area contributed by atoms with Crippen LogP contribution in [0, 0.1) is 5.82 Å². The number of fused-ring (bicyclic) bond motifs is 1. The highest BCUT2D eigenvalue weighted by Gasteiger charge is 2.20. The Morgan fingerprint density at radius 1 is 1.32 bits per heavy atom. The lowest BCUT2D eigenvalue weighted by Crippen LogP contribution is -2.17. The third kappa shape index (κ3) is 6.27. The van der Waals surface area contributed by atoms with Gasteiger partial charge in [-0.25, -0.2) is 14.4 Å². The number of rotatable bonds is 8. The van der Waals surface area contributed by atoms with Crippen molar-refractivity contribution in [3.8, 4) is 0 Å². The van der Waals surface area contributed by atoms with E-state index >= 15 is 0 Å². The molecular weight excluding hydrogens is 476 g/mol. The minimum Gasteiger partial charge on any atom is -0.381 e. The summed E-state index contributed by atoms with van der Waals surface area (Å²) >= 11 is 5.93. The summed E-state index contributed by atoms with van der Waals surface area (Å²) in [5, 5.41) is 7.97. The van der Waals surface area contributed by atoms with E-state index in [-0.39, 0.29) is 10.9 Å². The highest BCUT2D eigenvalue weighted by atomic mass is 35.5. The number of aromatic nitrogens is 2. The number of hydrogen-bond donors (Lipinski definition) is 2. The van der Waals surface area contributed by atoms with Gasteiger partial charge in [-0.05, 0) is 56.2 Å². The van der Waals surface area contributed by atoms with E-state index in [0.29, 0.717) is 44.6 Å². The van der Waals surface area contributed by atoms with Crippen LogP contribution >= 0.6 is 20.2 Å². The highest BCUT2D eigenvalue weighted by molar-refractivity contribution is 7.48. The van der Waals surface area contributed by atoms with Crippen molar-refractivity contribution in [3.05, 3.63) is 59.7 Å². The van der Waals surface area contributed by atoms with Crippen molar-refractivity contribution in [2.24, 2.45) is 0 Å². The van der Waals surface area contributed by atoms with E-state index in [2.05, 4.69) is 20.6 Å². The number of carbonyl (C=O) groups is 1. The first-order valence-corrected chi connectivity index (χ1v) is 12.3. The average Bonchev–Trinajstić information content (AvgIpc) is 3.30. The fourth-order valence-electron chi connectivity index (χ4n) is 3.55. The Labute approximate surface area is 204 Å². The second-order valence-electron chi connectivity index (χ2n) is 8.25. The van der Waals surface area contributed by atoms with Crippen LogP contribution in [0.5, 0.6) is 0 Å². The molecule has 0 radical (unpaired) electrons. The topological polar surface area (TPSA) is 79.4 Å². The number of likely N-dealkylation sites (N-methyl/N-ethyl adjacent to an activating group) is 1. The van der Waals surface area contributed by atoms with E-state index in [1.807, 2.05) is 37.2 Å². The Bertz CT molecular complexity index is 1220. The SMILES string of the molecule is CN(C)C/C=C/C(=O)Nc1cc2c(Nc3ccc(F)c(Cl)c3)ncnc2cc1P[C@H]1CCOC1.